The predicted molar refractivity (Wildman–Crippen MR) is 75.9 cm³/mol. The van der Waals surface area contributed by atoms with Gasteiger partial charge in [-0.25, -0.2) is 4.68 Å². The fourth-order valence-electron chi connectivity index (χ4n) is 2.11. The topological polar surface area (TPSA) is 82.2 Å². The lowest BCUT2D eigenvalue weighted by Crippen LogP contribution is -2.10. The van der Waals surface area contributed by atoms with E-state index >= 15 is 0 Å². The summed E-state index contributed by atoms with van der Waals surface area (Å²) < 4.78 is 7.08. The van der Waals surface area contributed by atoms with Crippen LogP contribution in [0.4, 0.5) is 11.5 Å². The Morgan fingerprint density at radius 3 is 2.90 bits per heavy atom. The molecule has 112 valence electrons. The van der Waals surface area contributed by atoms with Crippen LogP contribution in [-0.4, -0.2) is 34.5 Å². The van der Waals surface area contributed by atoms with E-state index in [1.807, 2.05) is 6.92 Å². The number of aromatic nitrogens is 2. The van der Waals surface area contributed by atoms with Crippen molar-refractivity contribution in [2.24, 2.45) is 13.0 Å². The Labute approximate surface area is 118 Å². The lowest BCUT2D eigenvalue weighted by atomic mass is 10.3. The summed E-state index contributed by atoms with van der Waals surface area (Å²) in [7, 11) is 1.72. The SMILES string of the molecule is CCc1nn(C)c(NCCCOCC2CC2)c1[N+](=O)[O-]. The van der Waals surface area contributed by atoms with Crippen LogP contribution in [0, 0.1) is 16.0 Å². The van der Waals surface area contributed by atoms with Gasteiger partial charge in [0.25, 0.3) is 0 Å². The molecule has 0 aliphatic heterocycles. The number of nitro groups is 1. The molecule has 1 saturated carbocycles. The first-order chi connectivity index (χ1) is 9.63. The van der Waals surface area contributed by atoms with E-state index in [0.717, 1.165) is 18.9 Å². The zero-order chi connectivity index (χ0) is 14.5. The van der Waals surface area contributed by atoms with Gasteiger partial charge in [-0.1, -0.05) is 6.92 Å². The van der Waals surface area contributed by atoms with Gasteiger partial charge in [0.1, 0.15) is 5.69 Å². The molecule has 20 heavy (non-hydrogen) atoms. The van der Waals surface area contributed by atoms with Crippen LogP contribution in [0.2, 0.25) is 0 Å². The Bertz CT molecular complexity index is 468. The summed E-state index contributed by atoms with van der Waals surface area (Å²) in [6.07, 6.45) is 3.96. The normalized spacial score (nSPS) is 14.5. The highest BCUT2D eigenvalue weighted by Crippen LogP contribution is 2.29. The zero-order valence-corrected chi connectivity index (χ0v) is 12.1. The van der Waals surface area contributed by atoms with Crippen molar-refractivity contribution >= 4 is 11.5 Å². The predicted octanol–water partition coefficient (Wildman–Crippen LogP) is 2.12. The Morgan fingerprint density at radius 1 is 1.55 bits per heavy atom. The number of nitrogens with zero attached hydrogens (tertiary/aromatic N) is 3. The Kier molecular flexibility index (Phi) is 4.94. The van der Waals surface area contributed by atoms with E-state index < -0.39 is 0 Å². The highest BCUT2D eigenvalue weighted by molar-refractivity contribution is 5.59. The first-order valence-corrected chi connectivity index (χ1v) is 7.15. The van der Waals surface area contributed by atoms with E-state index in [-0.39, 0.29) is 10.6 Å². The molecule has 7 nitrogen and oxygen atoms in total. The number of ether oxygens (including phenoxy) is 1. The number of hydrogen-bond acceptors (Lipinski definition) is 5. The maximum absolute atomic E-state index is 11.1. The molecule has 1 aliphatic rings. The zero-order valence-electron chi connectivity index (χ0n) is 12.1. The van der Waals surface area contributed by atoms with E-state index in [1.54, 1.807) is 11.7 Å². The summed E-state index contributed by atoms with van der Waals surface area (Å²) in [5, 5.41) is 18.4. The average Bonchev–Trinajstić information content (AvgIpc) is 3.17. The standard InChI is InChI=1S/C13H22N4O3/c1-3-11-12(17(18)19)13(16(2)15-11)14-7-4-8-20-9-10-5-6-10/h10,14H,3-9H2,1-2H3. The van der Waals surface area contributed by atoms with Crippen LogP contribution in [0.25, 0.3) is 0 Å². The molecule has 7 heteroatoms. The lowest BCUT2D eigenvalue weighted by molar-refractivity contribution is -0.384. The summed E-state index contributed by atoms with van der Waals surface area (Å²) in [4.78, 5) is 10.8. The van der Waals surface area contributed by atoms with E-state index in [9.17, 15) is 10.1 Å². The van der Waals surface area contributed by atoms with E-state index in [2.05, 4.69) is 10.4 Å². The van der Waals surface area contributed by atoms with Crippen LogP contribution in [0.15, 0.2) is 0 Å². The van der Waals surface area contributed by atoms with Gasteiger partial charge in [0.05, 0.1) is 4.92 Å². The van der Waals surface area contributed by atoms with Crippen molar-refractivity contribution in [1.29, 1.82) is 0 Å². The van der Waals surface area contributed by atoms with Gasteiger partial charge in [-0.05, 0) is 31.6 Å². The van der Waals surface area contributed by atoms with Crippen molar-refractivity contribution in [1.82, 2.24) is 9.78 Å². The fraction of sp³-hybridized carbons (Fsp3) is 0.769. The largest absolute Gasteiger partial charge is 0.381 e. The number of nitrogens with one attached hydrogen (secondary N) is 1. The highest BCUT2D eigenvalue weighted by Gasteiger charge is 2.25. The molecule has 1 aromatic rings. The molecule has 1 aliphatic carbocycles. The van der Waals surface area contributed by atoms with Crippen LogP contribution in [-0.2, 0) is 18.2 Å². The molecule has 1 N–H and O–H groups in total. The first-order valence-electron chi connectivity index (χ1n) is 7.15. The van der Waals surface area contributed by atoms with Crippen molar-refractivity contribution in [3.63, 3.8) is 0 Å². The minimum atomic E-state index is -0.363. The molecule has 2 rings (SSSR count). The summed E-state index contributed by atoms with van der Waals surface area (Å²) in [6.45, 7) is 4.06. The van der Waals surface area contributed by atoms with Crippen LogP contribution in [0.3, 0.4) is 0 Å². The van der Waals surface area contributed by atoms with Gasteiger partial charge in [0, 0.05) is 26.8 Å². The highest BCUT2D eigenvalue weighted by atomic mass is 16.6. The van der Waals surface area contributed by atoms with Crippen molar-refractivity contribution in [3.05, 3.63) is 15.8 Å². The van der Waals surface area contributed by atoms with E-state index in [1.165, 1.54) is 12.8 Å². The molecule has 0 radical (unpaired) electrons. The van der Waals surface area contributed by atoms with Crippen molar-refractivity contribution in [2.75, 3.05) is 25.1 Å². The van der Waals surface area contributed by atoms with Crippen molar-refractivity contribution in [3.8, 4) is 0 Å². The molecule has 0 unspecified atom stereocenters. The minimum absolute atomic E-state index is 0.0916. The smallest absolute Gasteiger partial charge is 0.333 e. The second kappa shape index (κ2) is 6.69. The second-order valence-corrected chi connectivity index (χ2v) is 5.18. The van der Waals surface area contributed by atoms with Crippen LogP contribution >= 0.6 is 0 Å². The molecule has 1 aromatic heterocycles. The summed E-state index contributed by atoms with van der Waals surface area (Å²) >= 11 is 0. The van der Waals surface area contributed by atoms with Crippen molar-refractivity contribution in [2.45, 2.75) is 32.6 Å². The number of hydrogen-bond donors (Lipinski definition) is 1. The third-order valence-corrected chi connectivity index (χ3v) is 3.42. The molecule has 0 bridgehead atoms. The molecule has 0 saturated heterocycles. The Hall–Kier alpha value is -1.63. The first kappa shape index (κ1) is 14.8. The van der Waals surface area contributed by atoms with Gasteiger partial charge in [0.15, 0.2) is 0 Å². The van der Waals surface area contributed by atoms with Gasteiger partial charge >= 0.3 is 5.69 Å². The molecule has 1 heterocycles. The van der Waals surface area contributed by atoms with Crippen molar-refractivity contribution < 1.29 is 9.66 Å². The van der Waals surface area contributed by atoms with Crippen LogP contribution in [0.5, 0.6) is 0 Å². The third kappa shape index (κ3) is 3.69. The number of aryl methyl sites for hydroxylation is 2. The molecular weight excluding hydrogens is 260 g/mol. The summed E-state index contributed by atoms with van der Waals surface area (Å²) in [5.41, 5.74) is 0.610. The third-order valence-electron chi connectivity index (χ3n) is 3.42. The number of anilines is 1. The van der Waals surface area contributed by atoms with Crippen LogP contribution in [0.1, 0.15) is 31.9 Å². The second-order valence-electron chi connectivity index (χ2n) is 5.18. The fourth-order valence-corrected chi connectivity index (χ4v) is 2.11. The monoisotopic (exact) mass is 282 g/mol. The quantitative estimate of drug-likeness (QED) is 0.426. The van der Waals surface area contributed by atoms with Crippen LogP contribution < -0.4 is 5.32 Å². The Morgan fingerprint density at radius 2 is 2.30 bits per heavy atom. The Balaban J connectivity index is 1.81. The summed E-state index contributed by atoms with van der Waals surface area (Å²) in [6, 6.07) is 0. The van der Waals surface area contributed by atoms with Gasteiger partial charge in [-0.3, -0.25) is 10.1 Å². The van der Waals surface area contributed by atoms with E-state index in [0.29, 0.717) is 31.1 Å². The van der Waals surface area contributed by atoms with Gasteiger partial charge < -0.3 is 10.1 Å². The maximum atomic E-state index is 11.1. The van der Waals surface area contributed by atoms with E-state index in [4.69, 9.17) is 4.74 Å². The molecule has 0 spiro atoms. The molecule has 1 fully saturated rings. The maximum Gasteiger partial charge on any atom is 0.333 e. The molecule has 0 aromatic carbocycles. The van der Waals surface area contributed by atoms with Gasteiger partial charge in [-0.2, -0.15) is 5.10 Å². The van der Waals surface area contributed by atoms with Gasteiger partial charge in [0.2, 0.25) is 5.82 Å². The minimum Gasteiger partial charge on any atom is -0.381 e. The van der Waals surface area contributed by atoms with Gasteiger partial charge in [-0.15, -0.1) is 0 Å². The molecular formula is C13H22N4O3. The molecule has 0 amide bonds. The summed E-state index contributed by atoms with van der Waals surface area (Å²) in [5.74, 6) is 1.25. The average molecular weight is 282 g/mol. The lowest BCUT2D eigenvalue weighted by Gasteiger charge is -2.06. The number of rotatable bonds is 9. The molecule has 0 atom stereocenters.